The highest BCUT2D eigenvalue weighted by Gasteiger charge is 1.91. The van der Waals surface area contributed by atoms with E-state index in [1.165, 1.54) is 5.20 Å². The number of aliphatic hydroxyl groups is 1. The number of hydrogen-bond acceptors (Lipinski definition) is 1. The number of allylic oxidation sites excluding steroid dienone is 2. The van der Waals surface area contributed by atoms with Crippen LogP contribution in [0.15, 0.2) is 11.0 Å². The quantitative estimate of drug-likeness (QED) is 0.436. The molecule has 0 rings (SSSR count). The fourth-order valence-electron chi connectivity index (χ4n) is 0.506. The lowest BCUT2D eigenvalue weighted by atomic mass is 10.3. The number of hydrogen-bond donors (Lipinski definition) is 1. The van der Waals surface area contributed by atoms with Crippen LogP contribution in [0.25, 0.3) is 0 Å². The zero-order valence-corrected chi connectivity index (χ0v) is 7.86. The summed E-state index contributed by atoms with van der Waals surface area (Å²) in [5.74, 6) is 0.610. The summed E-state index contributed by atoms with van der Waals surface area (Å²) in [4.78, 5) is 0. The first-order valence-corrected chi connectivity index (χ1v) is 4.09. The van der Waals surface area contributed by atoms with Crippen molar-refractivity contribution in [2.45, 2.75) is 26.7 Å². The topological polar surface area (TPSA) is 20.2 Å². The highest BCUT2D eigenvalue weighted by Crippen LogP contribution is 2.03. The van der Waals surface area contributed by atoms with Crippen molar-refractivity contribution in [3.8, 4) is 0 Å². The van der Waals surface area contributed by atoms with Crippen LogP contribution in [-0.2, 0) is 0 Å². The molecule has 1 N–H and O–H groups in total. The van der Waals surface area contributed by atoms with Crippen LogP contribution in [-0.4, -0.2) is 15.3 Å². The van der Waals surface area contributed by atoms with Crippen LogP contribution in [0.3, 0.4) is 0 Å². The maximum absolute atomic E-state index is 9.04. The molecular weight excluding hydrogens is 116 g/mol. The minimum absolute atomic E-state index is 0.610. The number of aliphatic hydroxyl groups excluding tert-OH is 1. The third-order valence-electron chi connectivity index (χ3n) is 1.36. The van der Waals surface area contributed by atoms with Gasteiger partial charge in [-0.3, -0.25) is 0 Å². The summed E-state index contributed by atoms with van der Waals surface area (Å²) in [6.45, 7) is 4.05. The van der Waals surface area contributed by atoms with E-state index in [0.717, 1.165) is 23.1 Å². The number of rotatable bonds is 2. The van der Waals surface area contributed by atoms with Crippen LogP contribution in [0.1, 0.15) is 26.7 Å². The van der Waals surface area contributed by atoms with Crippen molar-refractivity contribution in [3.05, 3.63) is 11.0 Å². The average Bonchev–Trinajstić information content (AvgIpc) is 1.84. The lowest BCUT2D eigenvalue weighted by Gasteiger charge is -1.98. The van der Waals surface area contributed by atoms with Crippen molar-refractivity contribution in [2.75, 3.05) is 0 Å². The van der Waals surface area contributed by atoms with E-state index < -0.39 is 0 Å². The van der Waals surface area contributed by atoms with E-state index in [1.54, 1.807) is 0 Å². The Morgan fingerprint density at radius 2 is 1.88 bits per heavy atom. The third-order valence-corrected chi connectivity index (χ3v) is 2.64. The molecule has 0 radical (unpaired) electrons. The van der Waals surface area contributed by atoms with E-state index in [2.05, 4.69) is 6.92 Å². The third kappa shape index (κ3) is 2.16. The first kappa shape index (κ1) is 7.76. The Morgan fingerprint density at radius 3 is 2.00 bits per heavy atom. The zero-order valence-electron chi connectivity index (χ0n) is 5.86. The molecule has 2 heteroatoms. The smallest absolute Gasteiger partial charge is 0.0863 e. The summed E-state index contributed by atoms with van der Waals surface area (Å²) in [7, 11) is 1.01. The first-order chi connectivity index (χ1) is 3.72. The lowest BCUT2D eigenvalue weighted by molar-refractivity contribution is 0.389. The van der Waals surface area contributed by atoms with Crippen molar-refractivity contribution in [2.24, 2.45) is 0 Å². The highest BCUT2D eigenvalue weighted by atomic mass is 28.1. The molecule has 0 aliphatic carbocycles. The maximum Gasteiger partial charge on any atom is 0.0863 e. The molecule has 0 aliphatic rings. The van der Waals surface area contributed by atoms with Gasteiger partial charge >= 0.3 is 0 Å². The Morgan fingerprint density at radius 1 is 1.38 bits per heavy atom. The van der Waals surface area contributed by atoms with Crippen molar-refractivity contribution in [1.29, 1.82) is 0 Å². The Labute approximate surface area is 53.8 Å². The highest BCUT2D eigenvalue weighted by molar-refractivity contribution is 6.21. The summed E-state index contributed by atoms with van der Waals surface area (Å²) in [5.41, 5.74) is 0. The van der Waals surface area contributed by atoms with Crippen molar-refractivity contribution in [3.63, 3.8) is 0 Å². The van der Waals surface area contributed by atoms with Gasteiger partial charge in [-0.1, -0.05) is 19.0 Å². The predicted octanol–water partition coefficient (Wildman–Crippen LogP) is 0.941. The van der Waals surface area contributed by atoms with Gasteiger partial charge in [0.1, 0.15) is 0 Å². The Balaban J connectivity index is 3.83. The molecule has 1 nitrogen and oxygen atoms in total. The summed E-state index contributed by atoms with van der Waals surface area (Å²) in [6.07, 6.45) is 1.82. The molecule has 0 aromatic carbocycles. The summed E-state index contributed by atoms with van der Waals surface area (Å²) in [5, 5.41) is 10.3. The van der Waals surface area contributed by atoms with E-state index in [-0.39, 0.29) is 0 Å². The van der Waals surface area contributed by atoms with Crippen LogP contribution in [0.5, 0.6) is 0 Å². The molecule has 0 saturated heterocycles. The Bertz CT molecular complexity index is 84.7. The SMILES string of the molecule is CCC(O)=C([SiH3])CC. The summed E-state index contributed by atoms with van der Waals surface area (Å²) in [6, 6.07) is 0. The lowest BCUT2D eigenvalue weighted by Crippen LogP contribution is -1.87. The molecule has 0 heterocycles. The molecule has 48 valence electrons. The van der Waals surface area contributed by atoms with Crippen molar-refractivity contribution < 1.29 is 5.11 Å². The second-order valence-electron chi connectivity index (χ2n) is 1.93. The van der Waals surface area contributed by atoms with Gasteiger partial charge in [-0.2, -0.15) is 0 Å². The standard InChI is InChI=1S/C6H14OSi/c1-3-5(7)6(8)4-2/h7H,3-4H2,1-2,8H3. The molecular formula is C6H14OSi. The second kappa shape index (κ2) is 3.72. The molecule has 0 saturated carbocycles. The predicted molar refractivity (Wildman–Crippen MR) is 40.2 cm³/mol. The largest absolute Gasteiger partial charge is 0.513 e. The monoisotopic (exact) mass is 130 g/mol. The van der Waals surface area contributed by atoms with Gasteiger partial charge in [-0.25, -0.2) is 0 Å². The molecule has 0 amide bonds. The summed E-state index contributed by atoms with van der Waals surface area (Å²) < 4.78 is 0. The fraction of sp³-hybridized carbons (Fsp3) is 0.667. The van der Waals surface area contributed by atoms with Crippen LogP contribution < -0.4 is 0 Å². The van der Waals surface area contributed by atoms with Gasteiger partial charge in [0.15, 0.2) is 0 Å². The van der Waals surface area contributed by atoms with Gasteiger partial charge in [-0.05, 0) is 6.42 Å². The molecule has 0 aromatic heterocycles. The minimum atomic E-state index is 0.610. The Kier molecular flexibility index (Phi) is 3.61. The van der Waals surface area contributed by atoms with E-state index in [0.29, 0.717) is 5.76 Å². The normalized spacial score (nSPS) is 13.8. The fourth-order valence-corrected chi connectivity index (χ4v) is 0.859. The molecule has 0 atom stereocenters. The van der Waals surface area contributed by atoms with E-state index >= 15 is 0 Å². The van der Waals surface area contributed by atoms with Crippen LogP contribution in [0.2, 0.25) is 0 Å². The average molecular weight is 130 g/mol. The van der Waals surface area contributed by atoms with Crippen molar-refractivity contribution in [1.82, 2.24) is 0 Å². The van der Waals surface area contributed by atoms with E-state index in [1.807, 2.05) is 6.92 Å². The van der Waals surface area contributed by atoms with E-state index in [9.17, 15) is 0 Å². The second-order valence-corrected chi connectivity index (χ2v) is 3.14. The molecule has 0 fully saturated rings. The van der Waals surface area contributed by atoms with Gasteiger partial charge in [0.25, 0.3) is 0 Å². The van der Waals surface area contributed by atoms with Crippen molar-refractivity contribution >= 4 is 10.2 Å². The van der Waals surface area contributed by atoms with Gasteiger partial charge in [0.2, 0.25) is 0 Å². The van der Waals surface area contributed by atoms with Gasteiger partial charge < -0.3 is 5.11 Å². The van der Waals surface area contributed by atoms with E-state index in [4.69, 9.17) is 5.11 Å². The Hall–Kier alpha value is -0.243. The molecule has 0 aliphatic heterocycles. The van der Waals surface area contributed by atoms with Gasteiger partial charge in [-0.15, -0.1) is 0 Å². The van der Waals surface area contributed by atoms with Gasteiger partial charge in [0.05, 0.1) is 5.76 Å². The molecule has 0 spiro atoms. The van der Waals surface area contributed by atoms with Crippen LogP contribution >= 0.6 is 0 Å². The molecule has 0 bridgehead atoms. The molecule has 0 unspecified atom stereocenters. The van der Waals surface area contributed by atoms with Crippen LogP contribution in [0, 0.1) is 0 Å². The molecule has 0 aromatic rings. The zero-order chi connectivity index (χ0) is 6.57. The summed E-state index contributed by atoms with van der Waals surface area (Å²) >= 11 is 0. The maximum atomic E-state index is 9.04. The van der Waals surface area contributed by atoms with Gasteiger partial charge in [0, 0.05) is 16.7 Å². The molecule has 8 heavy (non-hydrogen) atoms. The van der Waals surface area contributed by atoms with Crippen LogP contribution in [0.4, 0.5) is 0 Å². The first-order valence-electron chi connectivity index (χ1n) is 3.09. The minimum Gasteiger partial charge on any atom is -0.513 e.